The second-order valence-electron chi connectivity index (χ2n) is 6.16. The third-order valence-electron chi connectivity index (χ3n) is 4.35. The van der Waals surface area contributed by atoms with E-state index in [9.17, 15) is 4.79 Å². The molecule has 9 heteroatoms. The lowest BCUT2D eigenvalue weighted by Gasteiger charge is -2.36. The molecule has 0 bridgehead atoms. The van der Waals surface area contributed by atoms with E-state index in [0.717, 1.165) is 18.1 Å². The molecular weight excluding hydrogens is 514 g/mol. The number of aliphatic imine (C=N–C) groups is 1. The zero-order chi connectivity index (χ0) is 19.2. The van der Waals surface area contributed by atoms with Gasteiger partial charge in [-0.25, -0.2) is 4.99 Å². The van der Waals surface area contributed by atoms with Crippen LogP contribution < -0.4 is 5.32 Å². The van der Waals surface area contributed by atoms with Gasteiger partial charge in [0.2, 0.25) is 0 Å². The van der Waals surface area contributed by atoms with Gasteiger partial charge in [0.1, 0.15) is 0 Å². The first-order valence-corrected chi connectivity index (χ1v) is 9.64. The number of furan rings is 1. The van der Waals surface area contributed by atoms with Gasteiger partial charge in [-0.15, -0.1) is 24.0 Å². The third kappa shape index (κ3) is 5.78. The van der Waals surface area contributed by atoms with Gasteiger partial charge in [0.05, 0.1) is 12.8 Å². The number of piperazine rings is 1. The maximum atomic E-state index is 12.4. The molecule has 2 aromatic rings. The highest BCUT2D eigenvalue weighted by Crippen LogP contribution is 2.21. The molecule has 1 N–H and O–H groups in total. The highest BCUT2D eigenvalue weighted by atomic mass is 127. The van der Waals surface area contributed by atoms with Crippen molar-refractivity contribution in [3.8, 4) is 0 Å². The highest BCUT2D eigenvalue weighted by molar-refractivity contribution is 14.0. The minimum Gasteiger partial charge on any atom is -0.459 e. The van der Waals surface area contributed by atoms with E-state index in [1.54, 1.807) is 23.1 Å². The second kappa shape index (κ2) is 10.9. The minimum absolute atomic E-state index is 0. The Hall–Kier alpha value is -1.45. The molecule has 1 fully saturated rings. The van der Waals surface area contributed by atoms with Crippen LogP contribution in [0.15, 0.2) is 46.0 Å². The van der Waals surface area contributed by atoms with Crippen molar-refractivity contribution in [3.63, 3.8) is 0 Å². The number of halogens is 3. The summed E-state index contributed by atoms with van der Waals surface area (Å²) in [5.74, 6) is 1.12. The largest absolute Gasteiger partial charge is 0.459 e. The maximum Gasteiger partial charge on any atom is 0.289 e. The molecule has 152 valence electrons. The average Bonchev–Trinajstić information content (AvgIpc) is 3.21. The first-order chi connectivity index (χ1) is 13.1. The second-order valence-corrected chi connectivity index (χ2v) is 7.01. The van der Waals surface area contributed by atoms with E-state index in [-0.39, 0.29) is 29.9 Å². The van der Waals surface area contributed by atoms with Crippen LogP contribution in [0.4, 0.5) is 0 Å². The van der Waals surface area contributed by atoms with E-state index in [1.165, 1.54) is 6.26 Å². The zero-order valence-corrected chi connectivity index (χ0v) is 19.4. The van der Waals surface area contributed by atoms with Gasteiger partial charge in [0.25, 0.3) is 5.91 Å². The standard InChI is InChI=1S/C19H22Cl2N4O2.HI/c1-2-22-19(23-13-14-5-6-15(20)12-16(14)21)25-9-7-24(8-10-25)18(26)17-4-3-11-27-17;/h3-6,11-12H,2,7-10,13H2,1H3,(H,22,23);1H. The lowest BCUT2D eigenvalue weighted by Crippen LogP contribution is -2.53. The van der Waals surface area contributed by atoms with Gasteiger partial charge in [0, 0.05) is 42.8 Å². The summed E-state index contributed by atoms with van der Waals surface area (Å²) in [6, 6.07) is 8.83. The van der Waals surface area contributed by atoms with E-state index >= 15 is 0 Å². The summed E-state index contributed by atoms with van der Waals surface area (Å²) >= 11 is 12.2. The molecule has 0 radical (unpaired) electrons. The molecule has 1 aliphatic rings. The lowest BCUT2D eigenvalue weighted by atomic mass is 10.2. The van der Waals surface area contributed by atoms with E-state index in [4.69, 9.17) is 32.6 Å². The van der Waals surface area contributed by atoms with Gasteiger partial charge in [-0.1, -0.05) is 29.3 Å². The summed E-state index contributed by atoms with van der Waals surface area (Å²) in [4.78, 5) is 21.0. The van der Waals surface area contributed by atoms with Gasteiger partial charge in [-0.2, -0.15) is 0 Å². The Labute approximate surface area is 191 Å². The Morgan fingerprint density at radius 1 is 1.18 bits per heavy atom. The summed E-state index contributed by atoms with van der Waals surface area (Å²) in [5, 5.41) is 4.53. The first kappa shape index (κ1) is 22.8. The summed E-state index contributed by atoms with van der Waals surface area (Å²) in [5.41, 5.74) is 0.920. The van der Waals surface area contributed by atoms with Crippen LogP contribution in [0.25, 0.3) is 0 Å². The number of benzene rings is 1. The average molecular weight is 537 g/mol. The monoisotopic (exact) mass is 536 g/mol. The molecule has 6 nitrogen and oxygen atoms in total. The van der Waals surface area contributed by atoms with Crippen LogP contribution in [0.3, 0.4) is 0 Å². The fourth-order valence-electron chi connectivity index (χ4n) is 2.91. The molecule has 1 aromatic heterocycles. The number of guanidine groups is 1. The van der Waals surface area contributed by atoms with Crippen LogP contribution in [0.1, 0.15) is 23.0 Å². The van der Waals surface area contributed by atoms with Crippen molar-refractivity contribution in [3.05, 3.63) is 58.0 Å². The summed E-state index contributed by atoms with van der Waals surface area (Å²) in [6.07, 6.45) is 1.52. The molecule has 0 saturated carbocycles. The number of amides is 1. The van der Waals surface area contributed by atoms with Crippen molar-refractivity contribution >= 4 is 59.0 Å². The van der Waals surface area contributed by atoms with E-state index in [1.807, 2.05) is 19.1 Å². The highest BCUT2D eigenvalue weighted by Gasteiger charge is 2.25. The number of nitrogens with zero attached hydrogens (tertiary/aromatic N) is 3. The minimum atomic E-state index is -0.0745. The predicted molar refractivity (Wildman–Crippen MR) is 123 cm³/mol. The molecule has 1 aromatic carbocycles. The molecule has 0 unspecified atom stereocenters. The molecule has 0 spiro atoms. The van der Waals surface area contributed by atoms with Crippen molar-refractivity contribution < 1.29 is 9.21 Å². The normalized spacial score (nSPS) is 14.6. The Kier molecular flexibility index (Phi) is 8.91. The van der Waals surface area contributed by atoms with Crippen LogP contribution in [0, 0.1) is 0 Å². The molecule has 28 heavy (non-hydrogen) atoms. The van der Waals surface area contributed by atoms with Gasteiger partial charge in [0.15, 0.2) is 11.7 Å². The van der Waals surface area contributed by atoms with Crippen molar-refractivity contribution in [2.45, 2.75) is 13.5 Å². The predicted octanol–water partition coefficient (Wildman–Crippen LogP) is 4.13. The number of hydrogen-bond acceptors (Lipinski definition) is 3. The van der Waals surface area contributed by atoms with Crippen LogP contribution >= 0.6 is 47.2 Å². The fraction of sp³-hybridized carbons (Fsp3) is 0.368. The zero-order valence-electron chi connectivity index (χ0n) is 15.5. The first-order valence-electron chi connectivity index (χ1n) is 8.88. The van der Waals surface area contributed by atoms with Gasteiger partial charge >= 0.3 is 0 Å². The van der Waals surface area contributed by atoms with Crippen LogP contribution in [0.2, 0.25) is 10.0 Å². The van der Waals surface area contributed by atoms with E-state index in [2.05, 4.69) is 10.2 Å². The van der Waals surface area contributed by atoms with Crippen LogP contribution in [-0.2, 0) is 6.54 Å². The van der Waals surface area contributed by atoms with Gasteiger partial charge in [-0.3, -0.25) is 4.79 Å². The quantitative estimate of drug-likeness (QED) is 0.362. The molecule has 0 aliphatic carbocycles. The molecule has 1 amide bonds. The topological polar surface area (TPSA) is 61.1 Å². The van der Waals surface area contributed by atoms with Crippen LogP contribution in [-0.4, -0.2) is 54.4 Å². The van der Waals surface area contributed by atoms with Gasteiger partial charge < -0.3 is 19.5 Å². The maximum absolute atomic E-state index is 12.4. The Bertz CT molecular complexity index is 806. The molecule has 1 saturated heterocycles. The van der Waals surface area contributed by atoms with Crippen molar-refractivity contribution in [2.24, 2.45) is 4.99 Å². The van der Waals surface area contributed by atoms with E-state index < -0.39 is 0 Å². The summed E-state index contributed by atoms with van der Waals surface area (Å²) in [7, 11) is 0. The number of nitrogens with one attached hydrogen (secondary N) is 1. The molecule has 3 rings (SSSR count). The Morgan fingerprint density at radius 3 is 2.50 bits per heavy atom. The molecular formula is C19H23Cl2IN4O2. The number of hydrogen-bond donors (Lipinski definition) is 1. The number of rotatable bonds is 4. The lowest BCUT2D eigenvalue weighted by molar-refractivity contribution is 0.0657. The summed E-state index contributed by atoms with van der Waals surface area (Å²) in [6.45, 7) is 5.89. The van der Waals surface area contributed by atoms with Crippen molar-refractivity contribution in [1.82, 2.24) is 15.1 Å². The molecule has 0 atom stereocenters. The SMILES string of the molecule is CCNC(=NCc1ccc(Cl)cc1Cl)N1CCN(C(=O)c2ccco2)CC1.I. The molecule has 1 aliphatic heterocycles. The summed E-state index contributed by atoms with van der Waals surface area (Å²) < 4.78 is 5.21. The van der Waals surface area contributed by atoms with E-state index in [0.29, 0.717) is 48.5 Å². The Morgan fingerprint density at radius 2 is 1.89 bits per heavy atom. The number of carbonyl (C=O) groups excluding carboxylic acids is 1. The Balaban J connectivity index is 0.00000280. The van der Waals surface area contributed by atoms with Crippen molar-refractivity contribution in [1.29, 1.82) is 0 Å². The third-order valence-corrected chi connectivity index (χ3v) is 4.93. The smallest absolute Gasteiger partial charge is 0.289 e. The fourth-order valence-corrected chi connectivity index (χ4v) is 3.38. The molecule has 2 heterocycles. The van der Waals surface area contributed by atoms with Gasteiger partial charge in [-0.05, 0) is 36.8 Å². The van der Waals surface area contributed by atoms with Crippen LogP contribution in [0.5, 0.6) is 0 Å². The van der Waals surface area contributed by atoms with Crippen molar-refractivity contribution in [2.75, 3.05) is 32.7 Å². The number of carbonyl (C=O) groups is 1.